The third-order valence-corrected chi connectivity index (χ3v) is 6.77. The van der Waals surface area contributed by atoms with Gasteiger partial charge in [0.15, 0.2) is 0 Å². The summed E-state index contributed by atoms with van der Waals surface area (Å²) in [4.78, 5) is 13.1. The van der Waals surface area contributed by atoms with E-state index in [1.54, 1.807) is 6.07 Å². The summed E-state index contributed by atoms with van der Waals surface area (Å²) in [5.74, 6) is -2.28. The predicted molar refractivity (Wildman–Crippen MR) is 146 cm³/mol. The van der Waals surface area contributed by atoms with Crippen LogP contribution in [0, 0.1) is 34.4 Å². The van der Waals surface area contributed by atoms with Gasteiger partial charge in [-0.3, -0.25) is 10.1 Å². The summed E-state index contributed by atoms with van der Waals surface area (Å²) in [6, 6.07) is 13.1. The lowest BCUT2D eigenvalue weighted by molar-refractivity contribution is -0.161. The Morgan fingerprint density at radius 1 is 0.930 bits per heavy atom. The lowest BCUT2D eigenvalue weighted by Crippen LogP contribution is -2.53. The number of nitriles is 2. The van der Waals surface area contributed by atoms with Gasteiger partial charge < -0.3 is 10.4 Å². The van der Waals surface area contributed by atoms with Crippen LogP contribution in [0.3, 0.4) is 0 Å². The molecule has 226 valence electrons. The monoisotopic (exact) mass is 602 g/mol. The third-order valence-electron chi connectivity index (χ3n) is 6.77. The second kappa shape index (κ2) is 14.2. The molecule has 0 radical (unpaired) electrons. The van der Waals surface area contributed by atoms with Gasteiger partial charge in [0.1, 0.15) is 24.0 Å². The summed E-state index contributed by atoms with van der Waals surface area (Å²) in [6.45, 7) is 3.06. The molecule has 43 heavy (non-hydrogen) atoms. The fourth-order valence-corrected chi connectivity index (χ4v) is 4.41. The molecule has 6 nitrogen and oxygen atoms in total. The molecule has 1 unspecified atom stereocenters. The van der Waals surface area contributed by atoms with Crippen molar-refractivity contribution in [1.82, 2.24) is 10.6 Å². The van der Waals surface area contributed by atoms with Crippen molar-refractivity contribution in [1.29, 1.82) is 10.5 Å². The lowest BCUT2D eigenvalue weighted by Gasteiger charge is -2.30. The molecule has 0 aliphatic heterocycles. The maximum atomic E-state index is 14.3. The first-order valence-electron chi connectivity index (χ1n) is 13.1. The molecule has 0 saturated heterocycles. The quantitative estimate of drug-likeness (QED) is 0.229. The molecule has 0 aromatic heterocycles. The Morgan fingerprint density at radius 2 is 1.49 bits per heavy atom. The highest BCUT2D eigenvalue weighted by Gasteiger charge is 2.43. The highest BCUT2D eigenvalue weighted by molar-refractivity contribution is 5.82. The molecule has 0 aliphatic rings. The van der Waals surface area contributed by atoms with Crippen LogP contribution in [0.4, 0.5) is 26.3 Å². The highest BCUT2D eigenvalue weighted by atomic mass is 19.4. The van der Waals surface area contributed by atoms with Crippen molar-refractivity contribution in [2.24, 2.45) is 5.92 Å². The molecule has 3 rings (SSSR count). The first-order chi connectivity index (χ1) is 20.2. The number of rotatable bonds is 11. The van der Waals surface area contributed by atoms with Crippen molar-refractivity contribution >= 4 is 5.91 Å². The average Bonchev–Trinajstić information content (AvgIpc) is 2.96. The third kappa shape index (κ3) is 8.57. The van der Waals surface area contributed by atoms with Crippen LogP contribution < -0.4 is 10.6 Å². The summed E-state index contributed by atoms with van der Waals surface area (Å²) in [7, 11) is 0. The zero-order chi connectivity index (χ0) is 31.9. The van der Waals surface area contributed by atoms with E-state index in [1.165, 1.54) is 74.5 Å². The van der Waals surface area contributed by atoms with Crippen LogP contribution in [-0.2, 0) is 11.2 Å². The number of aliphatic hydroxyl groups excluding tert-OH is 1. The van der Waals surface area contributed by atoms with Crippen molar-refractivity contribution < 1.29 is 36.2 Å². The van der Waals surface area contributed by atoms with Crippen LogP contribution in [-0.4, -0.2) is 35.7 Å². The molecular weight excluding hydrogens is 574 g/mol. The number of carbonyl (C=O) groups excluding carboxylic acids is 1. The summed E-state index contributed by atoms with van der Waals surface area (Å²) in [5.41, 5.74) is 0.929. The lowest BCUT2D eigenvalue weighted by atomic mass is 9.96. The molecule has 0 aliphatic carbocycles. The Hall–Kier alpha value is -4.39. The largest absolute Gasteiger partial charge is 0.407 e. The minimum atomic E-state index is -4.82. The molecule has 3 aromatic carbocycles. The fraction of sp³-hybridized carbons (Fsp3) is 0.323. The van der Waals surface area contributed by atoms with Gasteiger partial charge in [-0.15, -0.1) is 0 Å². The van der Waals surface area contributed by atoms with Crippen molar-refractivity contribution in [2.45, 2.75) is 57.1 Å². The zero-order valence-corrected chi connectivity index (χ0v) is 23.0. The predicted octanol–water partition coefficient (Wildman–Crippen LogP) is 6.13. The van der Waals surface area contributed by atoms with E-state index in [2.05, 4.69) is 10.6 Å². The Kier molecular flexibility index (Phi) is 10.9. The maximum absolute atomic E-state index is 14.3. The summed E-state index contributed by atoms with van der Waals surface area (Å²) < 4.78 is 82.5. The number of hydrogen-bond acceptors (Lipinski definition) is 5. The van der Waals surface area contributed by atoms with Gasteiger partial charge in [-0.2, -0.15) is 23.7 Å². The highest BCUT2D eigenvalue weighted by Crippen LogP contribution is 2.35. The second-order valence-electron chi connectivity index (χ2n) is 10.2. The van der Waals surface area contributed by atoms with Crippen LogP contribution in [0.2, 0.25) is 0 Å². The van der Waals surface area contributed by atoms with Crippen LogP contribution in [0.5, 0.6) is 0 Å². The number of nitrogens with one attached hydrogen (secondary N) is 2. The van der Waals surface area contributed by atoms with E-state index < -0.39 is 54.5 Å². The first-order valence-corrected chi connectivity index (χ1v) is 13.1. The Balaban J connectivity index is 1.78. The van der Waals surface area contributed by atoms with E-state index in [-0.39, 0.29) is 28.7 Å². The molecular formula is C31H28F6N4O2. The van der Waals surface area contributed by atoms with Crippen molar-refractivity contribution in [3.8, 4) is 23.3 Å². The molecule has 1 amide bonds. The number of carbonyl (C=O) groups is 1. The average molecular weight is 603 g/mol. The summed E-state index contributed by atoms with van der Waals surface area (Å²) >= 11 is 0. The van der Waals surface area contributed by atoms with Gasteiger partial charge in [0.05, 0.1) is 23.7 Å². The van der Waals surface area contributed by atoms with Gasteiger partial charge in [0.25, 0.3) is 6.43 Å². The van der Waals surface area contributed by atoms with Crippen LogP contribution in [0.15, 0.2) is 66.7 Å². The van der Waals surface area contributed by atoms with Crippen molar-refractivity contribution in [3.05, 3.63) is 94.8 Å². The van der Waals surface area contributed by atoms with Gasteiger partial charge in [0, 0.05) is 6.42 Å². The van der Waals surface area contributed by atoms with Gasteiger partial charge >= 0.3 is 6.18 Å². The standard InChI is InChI=1S/C31H28F6N4O2/c1-17(2)26(30(43)40-24(16-39)14-23-4-3-18(15-38)13-25(23)32)41-28(31(35,36)37)22-11-7-20(8-12-22)19-5-9-21(10-6-19)27(42)29(33)34/h3-13,17,24,26-29,41-42H,14H2,1-2H3,(H,40,43)/t24?,26-,27+,28-/m0/s1. The number of hydrogen-bond donors (Lipinski definition) is 3. The fourth-order valence-electron chi connectivity index (χ4n) is 4.41. The van der Waals surface area contributed by atoms with Crippen molar-refractivity contribution in [3.63, 3.8) is 0 Å². The molecule has 0 spiro atoms. The van der Waals surface area contributed by atoms with E-state index in [0.717, 1.165) is 6.07 Å². The molecule has 4 atom stereocenters. The molecule has 3 N–H and O–H groups in total. The Bertz CT molecular complexity index is 1480. The number of nitrogens with zero attached hydrogens (tertiary/aromatic N) is 2. The molecule has 12 heteroatoms. The van der Waals surface area contributed by atoms with Gasteiger partial charge in [-0.1, -0.05) is 68.4 Å². The van der Waals surface area contributed by atoms with E-state index in [9.17, 15) is 41.5 Å². The normalized spacial score (nSPS) is 14.4. The SMILES string of the molecule is CC(C)[C@H](N[C@@H](c1ccc(-c2ccc([C@@H](O)C(F)F)cc2)cc1)C(F)(F)F)C(=O)NC(C#N)Cc1ccc(C#N)cc1F. The van der Waals surface area contributed by atoms with Crippen molar-refractivity contribution in [2.75, 3.05) is 0 Å². The molecule has 0 saturated carbocycles. The van der Waals surface area contributed by atoms with Crippen LogP contribution in [0.25, 0.3) is 11.1 Å². The van der Waals surface area contributed by atoms with Crippen LogP contribution in [0.1, 0.15) is 48.2 Å². The first kappa shape index (κ1) is 33.1. The van der Waals surface area contributed by atoms with E-state index in [1.807, 2.05) is 6.07 Å². The van der Waals surface area contributed by atoms with Gasteiger partial charge in [-0.25, -0.2) is 13.2 Å². The molecule has 0 fully saturated rings. The summed E-state index contributed by atoms with van der Waals surface area (Å²) in [5, 5.41) is 32.7. The minimum absolute atomic E-state index is 0.00427. The van der Waals surface area contributed by atoms with E-state index in [4.69, 9.17) is 5.26 Å². The van der Waals surface area contributed by atoms with E-state index >= 15 is 0 Å². The number of benzene rings is 3. The second-order valence-corrected chi connectivity index (χ2v) is 10.2. The van der Waals surface area contributed by atoms with E-state index in [0.29, 0.717) is 11.1 Å². The Morgan fingerprint density at radius 3 is 1.93 bits per heavy atom. The minimum Gasteiger partial charge on any atom is -0.382 e. The molecule has 3 aromatic rings. The topological polar surface area (TPSA) is 109 Å². The number of amides is 1. The zero-order valence-electron chi connectivity index (χ0n) is 23.0. The molecule has 0 heterocycles. The van der Waals surface area contributed by atoms with Gasteiger partial charge in [-0.05, 0) is 45.9 Å². The molecule has 0 bridgehead atoms. The summed E-state index contributed by atoms with van der Waals surface area (Å²) in [6.07, 6.45) is -10.0. The number of halogens is 6. The Labute approximate surface area is 244 Å². The number of aliphatic hydroxyl groups is 1. The smallest absolute Gasteiger partial charge is 0.382 e. The van der Waals surface area contributed by atoms with Gasteiger partial charge in [0.2, 0.25) is 5.91 Å². The van der Waals surface area contributed by atoms with Crippen LogP contribution >= 0.6 is 0 Å². The maximum Gasteiger partial charge on any atom is 0.407 e. The number of alkyl halides is 5.